The fourth-order valence-electron chi connectivity index (χ4n) is 1.01. The quantitative estimate of drug-likeness (QED) is 0.826. The first kappa shape index (κ1) is 10.7. The van der Waals surface area contributed by atoms with Crippen LogP contribution in [0.5, 0.6) is 5.75 Å². The lowest BCUT2D eigenvalue weighted by atomic mass is 10.1. The molecule has 3 N–H and O–H groups in total. The van der Waals surface area contributed by atoms with E-state index in [1.165, 1.54) is 0 Å². The Balaban J connectivity index is 2.99. The maximum absolute atomic E-state index is 8.85. The molecule has 1 rings (SSSR count). The number of aliphatic hydroxyl groups is 1. The molecule has 0 aliphatic heterocycles. The van der Waals surface area contributed by atoms with Crippen LogP contribution in [-0.4, -0.2) is 18.8 Å². The first-order chi connectivity index (χ1) is 6.19. The Morgan fingerprint density at radius 3 is 2.85 bits per heavy atom. The fourth-order valence-corrected chi connectivity index (χ4v) is 1.57. The highest BCUT2D eigenvalue weighted by molar-refractivity contribution is 14.1. The zero-order chi connectivity index (χ0) is 9.84. The van der Waals surface area contributed by atoms with Gasteiger partial charge in [-0.15, -0.1) is 0 Å². The predicted octanol–water partition coefficient (Wildman–Crippen LogP) is 1.29. The summed E-state index contributed by atoms with van der Waals surface area (Å²) in [4.78, 5) is 0. The first-order valence-electron chi connectivity index (χ1n) is 3.89. The second-order valence-electron chi connectivity index (χ2n) is 2.68. The van der Waals surface area contributed by atoms with E-state index in [-0.39, 0.29) is 12.6 Å². The van der Waals surface area contributed by atoms with Gasteiger partial charge in [-0.3, -0.25) is 0 Å². The van der Waals surface area contributed by atoms with Crippen molar-refractivity contribution in [3.05, 3.63) is 27.3 Å². The van der Waals surface area contributed by atoms with Gasteiger partial charge in [0.05, 0.1) is 23.3 Å². The highest BCUT2D eigenvalue weighted by Crippen LogP contribution is 2.24. The van der Waals surface area contributed by atoms with Crippen LogP contribution in [0, 0.1) is 3.57 Å². The number of aliphatic hydroxyl groups excluding tert-OH is 1. The lowest BCUT2D eigenvalue weighted by Crippen LogP contribution is -2.14. The van der Waals surface area contributed by atoms with Crippen LogP contribution in [-0.2, 0) is 0 Å². The molecule has 0 saturated carbocycles. The molecular weight excluding hydrogens is 281 g/mol. The molecule has 1 aromatic rings. The summed E-state index contributed by atoms with van der Waals surface area (Å²) < 4.78 is 6.17. The Morgan fingerprint density at radius 2 is 2.31 bits per heavy atom. The molecular formula is C9H12INO2. The maximum atomic E-state index is 8.85. The maximum Gasteiger partial charge on any atom is 0.132 e. The van der Waals surface area contributed by atoms with E-state index in [2.05, 4.69) is 22.6 Å². The number of benzene rings is 1. The van der Waals surface area contributed by atoms with E-state index in [9.17, 15) is 0 Å². The van der Waals surface area contributed by atoms with Crippen LogP contribution in [0.3, 0.4) is 0 Å². The molecule has 0 saturated heterocycles. The second kappa shape index (κ2) is 4.78. The molecule has 3 nitrogen and oxygen atoms in total. The molecule has 0 spiro atoms. The van der Waals surface area contributed by atoms with Crippen molar-refractivity contribution < 1.29 is 9.84 Å². The summed E-state index contributed by atoms with van der Waals surface area (Å²) in [6.07, 6.45) is 0. The van der Waals surface area contributed by atoms with Crippen LogP contribution >= 0.6 is 22.6 Å². The molecule has 0 radical (unpaired) electrons. The third kappa shape index (κ3) is 2.55. The van der Waals surface area contributed by atoms with Gasteiger partial charge >= 0.3 is 0 Å². The Morgan fingerprint density at radius 1 is 1.62 bits per heavy atom. The van der Waals surface area contributed by atoms with Gasteiger partial charge in [-0.1, -0.05) is 6.07 Å². The van der Waals surface area contributed by atoms with E-state index < -0.39 is 0 Å². The Bertz CT molecular complexity index is 291. The van der Waals surface area contributed by atoms with Gasteiger partial charge in [0.15, 0.2) is 0 Å². The molecule has 0 bridgehead atoms. The fraction of sp³-hybridized carbons (Fsp3) is 0.333. The monoisotopic (exact) mass is 293 g/mol. The largest absolute Gasteiger partial charge is 0.496 e. The number of methoxy groups -OCH3 is 1. The number of halogens is 1. The van der Waals surface area contributed by atoms with Crippen LogP contribution in [0.15, 0.2) is 18.2 Å². The SMILES string of the molecule is COc1cc([C@H](N)CO)ccc1I. The van der Waals surface area contributed by atoms with Gasteiger partial charge in [0.25, 0.3) is 0 Å². The Kier molecular flexibility index (Phi) is 3.95. The van der Waals surface area contributed by atoms with Crippen molar-refractivity contribution in [1.82, 2.24) is 0 Å². The summed E-state index contributed by atoms with van der Waals surface area (Å²) in [5.74, 6) is 0.794. The average Bonchev–Trinajstić information content (AvgIpc) is 2.17. The summed E-state index contributed by atoms with van der Waals surface area (Å²) in [6.45, 7) is -0.0518. The zero-order valence-electron chi connectivity index (χ0n) is 7.33. The highest BCUT2D eigenvalue weighted by atomic mass is 127. The summed E-state index contributed by atoms with van der Waals surface area (Å²) in [6, 6.07) is 5.34. The van der Waals surface area contributed by atoms with Crippen molar-refractivity contribution in [2.45, 2.75) is 6.04 Å². The summed E-state index contributed by atoms with van der Waals surface area (Å²) in [7, 11) is 1.62. The summed E-state index contributed by atoms with van der Waals surface area (Å²) >= 11 is 2.18. The minimum Gasteiger partial charge on any atom is -0.496 e. The van der Waals surface area contributed by atoms with Crippen molar-refractivity contribution in [3.63, 3.8) is 0 Å². The van der Waals surface area contributed by atoms with Crippen molar-refractivity contribution in [1.29, 1.82) is 0 Å². The van der Waals surface area contributed by atoms with Gasteiger partial charge < -0.3 is 15.6 Å². The first-order valence-corrected chi connectivity index (χ1v) is 4.96. The second-order valence-corrected chi connectivity index (χ2v) is 3.85. The Hall–Kier alpha value is -0.330. The molecule has 1 atom stereocenters. The van der Waals surface area contributed by atoms with Crippen LogP contribution in [0.1, 0.15) is 11.6 Å². The van der Waals surface area contributed by atoms with E-state index in [1.807, 2.05) is 18.2 Å². The molecule has 4 heteroatoms. The molecule has 0 amide bonds. The Labute approximate surface area is 91.0 Å². The zero-order valence-corrected chi connectivity index (χ0v) is 9.48. The van der Waals surface area contributed by atoms with Gasteiger partial charge in [-0.2, -0.15) is 0 Å². The smallest absolute Gasteiger partial charge is 0.132 e. The van der Waals surface area contributed by atoms with Crippen LogP contribution in [0.2, 0.25) is 0 Å². The van der Waals surface area contributed by atoms with Crippen molar-refractivity contribution >= 4 is 22.6 Å². The molecule has 0 unspecified atom stereocenters. The van der Waals surface area contributed by atoms with Gasteiger partial charge in [-0.25, -0.2) is 0 Å². The standard InChI is InChI=1S/C9H12INO2/c1-13-9-4-6(8(11)5-12)2-3-7(9)10/h2-4,8,12H,5,11H2,1H3/t8-/m1/s1. The van der Waals surface area contributed by atoms with E-state index >= 15 is 0 Å². The molecule has 0 aromatic heterocycles. The van der Waals surface area contributed by atoms with E-state index in [0.717, 1.165) is 14.9 Å². The molecule has 13 heavy (non-hydrogen) atoms. The topological polar surface area (TPSA) is 55.5 Å². The number of ether oxygens (including phenoxy) is 1. The van der Waals surface area contributed by atoms with Crippen molar-refractivity contribution in [2.24, 2.45) is 5.73 Å². The van der Waals surface area contributed by atoms with Crippen molar-refractivity contribution in [3.8, 4) is 5.75 Å². The molecule has 0 fully saturated rings. The van der Waals surface area contributed by atoms with E-state index in [1.54, 1.807) is 7.11 Å². The van der Waals surface area contributed by atoms with Crippen LogP contribution in [0.4, 0.5) is 0 Å². The molecule has 0 aliphatic carbocycles. The van der Waals surface area contributed by atoms with Gasteiger partial charge in [0.2, 0.25) is 0 Å². The van der Waals surface area contributed by atoms with Crippen molar-refractivity contribution in [2.75, 3.05) is 13.7 Å². The predicted molar refractivity (Wildman–Crippen MR) is 59.7 cm³/mol. The van der Waals surface area contributed by atoms with Crippen LogP contribution in [0.25, 0.3) is 0 Å². The minimum absolute atomic E-state index is 0.0518. The van der Waals surface area contributed by atoms with E-state index in [4.69, 9.17) is 15.6 Å². The molecule has 1 aromatic carbocycles. The average molecular weight is 293 g/mol. The van der Waals surface area contributed by atoms with Crippen LogP contribution < -0.4 is 10.5 Å². The normalized spacial score (nSPS) is 12.6. The third-order valence-electron chi connectivity index (χ3n) is 1.80. The van der Waals surface area contributed by atoms with Gasteiger partial charge in [0, 0.05) is 0 Å². The molecule has 0 heterocycles. The summed E-state index contributed by atoms with van der Waals surface area (Å²) in [5, 5.41) is 8.85. The lowest BCUT2D eigenvalue weighted by Gasteiger charge is -2.10. The number of nitrogens with two attached hydrogens (primary N) is 1. The third-order valence-corrected chi connectivity index (χ3v) is 2.69. The van der Waals surface area contributed by atoms with E-state index in [0.29, 0.717) is 0 Å². The van der Waals surface area contributed by atoms with Gasteiger partial charge in [0.1, 0.15) is 5.75 Å². The lowest BCUT2D eigenvalue weighted by molar-refractivity contribution is 0.267. The number of rotatable bonds is 3. The van der Waals surface area contributed by atoms with Gasteiger partial charge in [-0.05, 0) is 40.3 Å². The molecule has 72 valence electrons. The highest BCUT2D eigenvalue weighted by Gasteiger charge is 2.07. The molecule has 0 aliphatic rings. The number of hydrogen-bond acceptors (Lipinski definition) is 3. The summed E-state index contributed by atoms with van der Waals surface area (Å²) in [5.41, 5.74) is 6.55. The number of hydrogen-bond donors (Lipinski definition) is 2. The minimum atomic E-state index is -0.328.